The van der Waals surface area contributed by atoms with Gasteiger partial charge in [-0.25, -0.2) is 0 Å². The number of hydrogen-bond donors (Lipinski definition) is 2. The summed E-state index contributed by atoms with van der Waals surface area (Å²) in [5.74, 6) is 2.53. The molecule has 2 aliphatic rings. The molecule has 1 saturated heterocycles. The molecule has 2 fully saturated rings. The Morgan fingerprint density at radius 1 is 1.11 bits per heavy atom. The predicted octanol–water partition coefficient (Wildman–Crippen LogP) is 1.78. The maximum atomic E-state index is 5.93. The first-order valence-electron chi connectivity index (χ1n) is 7.26. The van der Waals surface area contributed by atoms with E-state index < -0.39 is 0 Å². The van der Waals surface area contributed by atoms with E-state index in [-0.39, 0.29) is 6.04 Å². The van der Waals surface area contributed by atoms with Crippen LogP contribution in [-0.4, -0.2) is 34.3 Å². The van der Waals surface area contributed by atoms with E-state index in [1.54, 1.807) is 0 Å². The van der Waals surface area contributed by atoms with Gasteiger partial charge in [-0.3, -0.25) is 5.10 Å². The molecule has 1 unspecified atom stereocenters. The fourth-order valence-electron chi connectivity index (χ4n) is 3.11. The summed E-state index contributed by atoms with van der Waals surface area (Å²) in [4.78, 5) is 6.89. The standard InChI is InChI=1S/C13H23N5/c14-11-7-8-18(9-11)13-15-12(16-17-13)10-5-3-1-2-4-6-10/h10-11H,1-9,14H2,(H,15,16,17). The molecule has 0 bridgehead atoms. The number of aromatic amines is 1. The van der Waals surface area contributed by atoms with Crippen molar-refractivity contribution in [1.82, 2.24) is 15.2 Å². The van der Waals surface area contributed by atoms with Gasteiger partial charge in [-0.2, -0.15) is 4.98 Å². The van der Waals surface area contributed by atoms with Gasteiger partial charge in [0.15, 0.2) is 0 Å². The molecule has 1 aliphatic heterocycles. The molecule has 0 amide bonds. The summed E-state index contributed by atoms with van der Waals surface area (Å²) < 4.78 is 0. The first-order chi connectivity index (χ1) is 8.83. The fourth-order valence-corrected chi connectivity index (χ4v) is 3.11. The van der Waals surface area contributed by atoms with Crippen molar-refractivity contribution in [2.24, 2.45) is 5.73 Å². The normalized spacial score (nSPS) is 26.5. The number of hydrogen-bond acceptors (Lipinski definition) is 4. The van der Waals surface area contributed by atoms with E-state index in [9.17, 15) is 0 Å². The molecule has 0 radical (unpaired) electrons. The quantitative estimate of drug-likeness (QED) is 0.784. The Balaban J connectivity index is 1.68. The van der Waals surface area contributed by atoms with Gasteiger partial charge in [-0.15, -0.1) is 5.10 Å². The van der Waals surface area contributed by atoms with E-state index in [0.29, 0.717) is 5.92 Å². The first kappa shape index (κ1) is 12.0. The SMILES string of the molecule is NC1CCN(c2n[nH]c(C3CCCCCC3)n2)C1. The summed E-state index contributed by atoms with van der Waals surface area (Å²) in [6, 6.07) is 0.282. The van der Waals surface area contributed by atoms with Gasteiger partial charge in [-0.05, 0) is 19.3 Å². The Bertz CT molecular complexity index is 380. The van der Waals surface area contributed by atoms with Crippen LogP contribution in [0.5, 0.6) is 0 Å². The number of nitrogens with two attached hydrogens (primary N) is 1. The topological polar surface area (TPSA) is 70.8 Å². The fraction of sp³-hybridized carbons (Fsp3) is 0.846. The lowest BCUT2D eigenvalue weighted by molar-refractivity contribution is 0.562. The van der Waals surface area contributed by atoms with Crippen molar-refractivity contribution in [1.29, 1.82) is 0 Å². The molecule has 1 aromatic rings. The van der Waals surface area contributed by atoms with E-state index in [4.69, 9.17) is 10.7 Å². The zero-order valence-corrected chi connectivity index (χ0v) is 10.9. The average molecular weight is 249 g/mol. The van der Waals surface area contributed by atoms with E-state index in [1.807, 2.05) is 0 Å². The summed E-state index contributed by atoms with van der Waals surface area (Å²) >= 11 is 0. The first-order valence-corrected chi connectivity index (χ1v) is 7.26. The summed E-state index contributed by atoms with van der Waals surface area (Å²) in [6.45, 7) is 1.88. The van der Waals surface area contributed by atoms with Gasteiger partial charge >= 0.3 is 0 Å². The molecular formula is C13H23N5. The summed E-state index contributed by atoms with van der Waals surface area (Å²) in [5, 5.41) is 7.52. The maximum absolute atomic E-state index is 5.93. The third kappa shape index (κ3) is 2.51. The number of nitrogens with zero attached hydrogens (tertiary/aromatic N) is 3. The van der Waals surface area contributed by atoms with Gasteiger partial charge in [0, 0.05) is 25.0 Å². The molecule has 1 aliphatic carbocycles. The van der Waals surface area contributed by atoms with Gasteiger partial charge in [0.05, 0.1) is 0 Å². The zero-order valence-electron chi connectivity index (χ0n) is 10.9. The minimum Gasteiger partial charge on any atom is -0.338 e. The van der Waals surface area contributed by atoms with Gasteiger partial charge in [0.2, 0.25) is 5.95 Å². The van der Waals surface area contributed by atoms with Crippen LogP contribution in [0.2, 0.25) is 0 Å². The van der Waals surface area contributed by atoms with E-state index in [2.05, 4.69) is 15.1 Å². The Morgan fingerprint density at radius 3 is 2.56 bits per heavy atom. The van der Waals surface area contributed by atoms with Crippen molar-refractivity contribution in [3.8, 4) is 0 Å². The minimum atomic E-state index is 0.282. The van der Waals surface area contributed by atoms with Crippen molar-refractivity contribution >= 4 is 5.95 Å². The highest BCUT2D eigenvalue weighted by molar-refractivity contribution is 5.31. The summed E-state index contributed by atoms with van der Waals surface area (Å²) in [7, 11) is 0. The van der Waals surface area contributed by atoms with Crippen LogP contribution in [0.1, 0.15) is 56.7 Å². The largest absolute Gasteiger partial charge is 0.338 e. The van der Waals surface area contributed by atoms with Crippen LogP contribution in [0.15, 0.2) is 0 Å². The third-order valence-electron chi connectivity index (χ3n) is 4.24. The van der Waals surface area contributed by atoms with Crippen molar-refractivity contribution in [2.45, 2.75) is 56.9 Å². The van der Waals surface area contributed by atoms with Crippen LogP contribution in [-0.2, 0) is 0 Å². The number of aromatic nitrogens is 3. The molecular weight excluding hydrogens is 226 g/mol. The van der Waals surface area contributed by atoms with E-state index >= 15 is 0 Å². The second kappa shape index (κ2) is 5.26. The lowest BCUT2D eigenvalue weighted by Gasteiger charge is -2.12. The number of nitrogens with one attached hydrogen (secondary N) is 1. The van der Waals surface area contributed by atoms with E-state index in [1.165, 1.54) is 38.5 Å². The molecule has 1 saturated carbocycles. The Labute approximate surface area is 108 Å². The van der Waals surface area contributed by atoms with Crippen molar-refractivity contribution < 1.29 is 0 Å². The summed E-state index contributed by atoms with van der Waals surface area (Å²) in [6.07, 6.45) is 8.97. The second-order valence-corrected chi connectivity index (χ2v) is 5.70. The maximum Gasteiger partial charge on any atom is 0.244 e. The van der Waals surface area contributed by atoms with Gasteiger partial charge in [-0.1, -0.05) is 25.7 Å². The van der Waals surface area contributed by atoms with Crippen LogP contribution in [0.25, 0.3) is 0 Å². The van der Waals surface area contributed by atoms with Crippen molar-refractivity contribution in [3.63, 3.8) is 0 Å². The van der Waals surface area contributed by atoms with Crippen LogP contribution in [0.3, 0.4) is 0 Å². The molecule has 3 N–H and O–H groups in total. The molecule has 1 atom stereocenters. The van der Waals surface area contributed by atoms with Crippen molar-refractivity contribution in [3.05, 3.63) is 5.82 Å². The third-order valence-corrected chi connectivity index (χ3v) is 4.24. The Hall–Kier alpha value is -1.10. The molecule has 5 nitrogen and oxygen atoms in total. The highest BCUT2D eigenvalue weighted by atomic mass is 15.4. The molecule has 0 aromatic carbocycles. The number of anilines is 1. The van der Waals surface area contributed by atoms with Crippen LogP contribution < -0.4 is 10.6 Å². The monoisotopic (exact) mass is 249 g/mol. The molecule has 2 heterocycles. The average Bonchev–Trinajstić information content (AvgIpc) is 2.92. The highest BCUT2D eigenvalue weighted by Gasteiger charge is 2.24. The van der Waals surface area contributed by atoms with Crippen molar-refractivity contribution in [2.75, 3.05) is 18.0 Å². The molecule has 5 heteroatoms. The predicted molar refractivity (Wildman–Crippen MR) is 71.6 cm³/mol. The van der Waals surface area contributed by atoms with Crippen LogP contribution >= 0.6 is 0 Å². The second-order valence-electron chi connectivity index (χ2n) is 5.70. The van der Waals surface area contributed by atoms with Gasteiger partial charge in [0.1, 0.15) is 5.82 Å². The molecule has 3 rings (SSSR count). The molecule has 18 heavy (non-hydrogen) atoms. The lowest BCUT2D eigenvalue weighted by atomic mass is 10.00. The zero-order chi connectivity index (χ0) is 12.4. The Morgan fingerprint density at radius 2 is 1.89 bits per heavy atom. The minimum absolute atomic E-state index is 0.282. The molecule has 100 valence electrons. The molecule has 1 aromatic heterocycles. The number of H-pyrrole nitrogens is 1. The highest BCUT2D eigenvalue weighted by Crippen LogP contribution is 2.30. The van der Waals surface area contributed by atoms with Crippen LogP contribution in [0.4, 0.5) is 5.95 Å². The summed E-state index contributed by atoms with van der Waals surface area (Å²) in [5.41, 5.74) is 5.93. The lowest BCUT2D eigenvalue weighted by Crippen LogP contribution is -2.27. The van der Waals surface area contributed by atoms with Gasteiger partial charge in [0.25, 0.3) is 0 Å². The van der Waals surface area contributed by atoms with Crippen LogP contribution in [0, 0.1) is 0 Å². The molecule has 0 spiro atoms. The smallest absolute Gasteiger partial charge is 0.244 e. The van der Waals surface area contributed by atoms with Gasteiger partial charge < -0.3 is 10.6 Å². The Kier molecular flexibility index (Phi) is 3.50. The van der Waals surface area contributed by atoms with E-state index in [0.717, 1.165) is 31.3 Å². The number of rotatable bonds is 2.